The molecule has 27 heavy (non-hydrogen) atoms. The maximum absolute atomic E-state index is 12.5. The summed E-state index contributed by atoms with van der Waals surface area (Å²) in [5.74, 6) is 1.93. The Hall–Kier alpha value is -2.49. The molecule has 1 unspecified atom stereocenters. The van der Waals surface area contributed by atoms with Gasteiger partial charge >= 0.3 is 0 Å². The lowest BCUT2D eigenvalue weighted by Gasteiger charge is -2.14. The molecule has 0 aliphatic heterocycles. The highest BCUT2D eigenvalue weighted by Crippen LogP contribution is 2.27. The first kappa shape index (κ1) is 20.8. The smallest absolute Gasteiger partial charge is 0.227 e. The van der Waals surface area contributed by atoms with Crippen molar-refractivity contribution in [2.45, 2.75) is 39.5 Å². The number of carbonyl (C=O) groups excluding carboxylic acids is 1. The number of nitrogens with one attached hydrogen (secondary N) is 1. The van der Waals surface area contributed by atoms with E-state index in [0.717, 1.165) is 24.0 Å². The van der Waals surface area contributed by atoms with Crippen LogP contribution in [0.2, 0.25) is 0 Å². The Kier molecular flexibility index (Phi) is 7.71. The summed E-state index contributed by atoms with van der Waals surface area (Å²) in [7, 11) is 3.24. The van der Waals surface area contributed by atoms with E-state index in [1.165, 1.54) is 5.56 Å². The number of rotatable bonds is 9. The molecule has 1 amide bonds. The van der Waals surface area contributed by atoms with E-state index in [1.807, 2.05) is 25.1 Å². The summed E-state index contributed by atoms with van der Waals surface area (Å²) in [4.78, 5) is 12.5. The Balaban J connectivity index is 1.88. The molecule has 4 nitrogen and oxygen atoms in total. The van der Waals surface area contributed by atoms with Crippen molar-refractivity contribution in [3.8, 4) is 11.5 Å². The van der Waals surface area contributed by atoms with E-state index in [9.17, 15) is 4.79 Å². The number of amides is 1. The largest absolute Gasteiger partial charge is 0.493 e. The fraction of sp³-hybridized carbons (Fsp3) is 0.435. The fourth-order valence-corrected chi connectivity index (χ4v) is 3.08. The van der Waals surface area contributed by atoms with E-state index >= 15 is 0 Å². The van der Waals surface area contributed by atoms with E-state index in [-0.39, 0.29) is 11.8 Å². The molecule has 1 N–H and O–H groups in total. The summed E-state index contributed by atoms with van der Waals surface area (Å²) >= 11 is 0. The Morgan fingerprint density at radius 1 is 0.926 bits per heavy atom. The second-order valence-electron chi connectivity index (χ2n) is 7.29. The molecular weight excluding hydrogens is 338 g/mol. The van der Waals surface area contributed by atoms with Crippen LogP contribution in [0.15, 0.2) is 42.5 Å². The van der Waals surface area contributed by atoms with E-state index in [4.69, 9.17) is 9.47 Å². The maximum atomic E-state index is 12.5. The number of methoxy groups -OCH3 is 2. The Labute approximate surface area is 162 Å². The normalized spacial score (nSPS) is 11.9. The first-order valence-corrected chi connectivity index (χ1v) is 9.52. The molecular formula is C23H31NO3. The van der Waals surface area contributed by atoms with Crippen molar-refractivity contribution in [1.82, 2.24) is 5.32 Å². The van der Waals surface area contributed by atoms with Crippen molar-refractivity contribution < 1.29 is 14.3 Å². The average molecular weight is 370 g/mol. The van der Waals surface area contributed by atoms with Gasteiger partial charge in [0.2, 0.25) is 5.91 Å². The van der Waals surface area contributed by atoms with Crippen LogP contribution in [-0.2, 0) is 17.6 Å². The van der Waals surface area contributed by atoms with Crippen molar-refractivity contribution in [2.75, 3.05) is 20.8 Å². The third-order valence-electron chi connectivity index (χ3n) is 4.68. The van der Waals surface area contributed by atoms with Gasteiger partial charge in [0.1, 0.15) is 0 Å². The lowest BCUT2D eigenvalue weighted by atomic mass is 9.96. The van der Waals surface area contributed by atoms with Gasteiger partial charge in [-0.25, -0.2) is 0 Å². The van der Waals surface area contributed by atoms with Gasteiger partial charge in [0.15, 0.2) is 11.5 Å². The van der Waals surface area contributed by atoms with Crippen LogP contribution in [0.1, 0.15) is 43.4 Å². The molecule has 1 atom stereocenters. The summed E-state index contributed by atoms with van der Waals surface area (Å²) in [5.41, 5.74) is 3.46. The summed E-state index contributed by atoms with van der Waals surface area (Å²) < 4.78 is 10.6. The van der Waals surface area contributed by atoms with Crippen LogP contribution in [0.25, 0.3) is 0 Å². The molecule has 0 aliphatic carbocycles. The molecule has 0 saturated heterocycles. The second-order valence-corrected chi connectivity index (χ2v) is 7.29. The summed E-state index contributed by atoms with van der Waals surface area (Å²) in [5, 5.41) is 3.03. The van der Waals surface area contributed by atoms with Gasteiger partial charge in [0, 0.05) is 6.54 Å². The third-order valence-corrected chi connectivity index (χ3v) is 4.68. The monoisotopic (exact) mass is 369 g/mol. The molecule has 0 aromatic heterocycles. The number of hydrogen-bond donors (Lipinski definition) is 1. The fourth-order valence-electron chi connectivity index (χ4n) is 3.08. The number of ether oxygens (including phenoxy) is 2. The Morgan fingerprint density at radius 2 is 1.56 bits per heavy atom. The minimum absolute atomic E-state index is 0.0482. The highest BCUT2D eigenvalue weighted by Gasteiger charge is 2.15. The average Bonchev–Trinajstić information content (AvgIpc) is 2.67. The van der Waals surface area contributed by atoms with Gasteiger partial charge < -0.3 is 14.8 Å². The van der Waals surface area contributed by atoms with Gasteiger partial charge in [-0.2, -0.15) is 0 Å². The van der Waals surface area contributed by atoms with Crippen LogP contribution >= 0.6 is 0 Å². The molecule has 0 spiro atoms. The molecule has 0 fully saturated rings. The minimum atomic E-state index is -0.163. The van der Waals surface area contributed by atoms with Gasteiger partial charge in [-0.3, -0.25) is 4.79 Å². The van der Waals surface area contributed by atoms with Crippen molar-refractivity contribution in [2.24, 2.45) is 5.92 Å². The van der Waals surface area contributed by atoms with Crippen molar-refractivity contribution >= 4 is 5.91 Å². The Bertz CT molecular complexity index is 738. The van der Waals surface area contributed by atoms with Crippen molar-refractivity contribution in [3.05, 3.63) is 59.2 Å². The molecule has 0 radical (unpaired) electrons. The Morgan fingerprint density at radius 3 is 2.15 bits per heavy atom. The summed E-state index contributed by atoms with van der Waals surface area (Å²) in [6, 6.07) is 14.2. The minimum Gasteiger partial charge on any atom is -0.493 e. The number of benzene rings is 2. The van der Waals surface area contributed by atoms with E-state index in [0.29, 0.717) is 24.0 Å². The summed E-state index contributed by atoms with van der Waals surface area (Å²) in [6.45, 7) is 6.96. The molecule has 0 heterocycles. The van der Waals surface area contributed by atoms with Crippen LogP contribution in [0.3, 0.4) is 0 Å². The van der Waals surface area contributed by atoms with Crippen LogP contribution < -0.4 is 14.8 Å². The highest BCUT2D eigenvalue weighted by molar-refractivity contribution is 5.83. The molecule has 2 aromatic rings. The van der Waals surface area contributed by atoms with Crippen molar-refractivity contribution in [3.63, 3.8) is 0 Å². The zero-order valence-corrected chi connectivity index (χ0v) is 17.0. The van der Waals surface area contributed by atoms with E-state index in [2.05, 4.69) is 43.4 Å². The predicted octanol–water partition coefficient (Wildman–Crippen LogP) is 4.36. The zero-order valence-electron chi connectivity index (χ0n) is 17.0. The van der Waals surface area contributed by atoms with Crippen LogP contribution in [0.5, 0.6) is 11.5 Å². The standard InChI is InChI=1S/C23H31NO3/c1-16(2)14-18-6-9-20(10-7-18)17(3)23(25)24-13-12-19-8-11-21(26-4)22(15-19)27-5/h6-11,15-17H,12-14H2,1-5H3,(H,24,25). The predicted molar refractivity (Wildman–Crippen MR) is 110 cm³/mol. The SMILES string of the molecule is COc1ccc(CCNC(=O)C(C)c2ccc(CC(C)C)cc2)cc1OC. The lowest BCUT2D eigenvalue weighted by Crippen LogP contribution is -2.29. The molecule has 0 aliphatic rings. The van der Waals surface area contributed by atoms with E-state index < -0.39 is 0 Å². The van der Waals surface area contributed by atoms with Crippen LogP contribution in [-0.4, -0.2) is 26.7 Å². The van der Waals surface area contributed by atoms with Crippen LogP contribution in [0.4, 0.5) is 0 Å². The maximum Gasteiger partial charge on any atom is 0.227 e. The zero-order chi connectivity index (χ0) is 19.8. The quantitative estimate of drug-likeness (QED) is 0.714. The van der Waals surface area contributed by atoms with Gasteiger partial charge in [-0.15, -0.1) is 0 Å². The van der Waals surface area contributed by atoms with Gasteiger partial charge in [-0.1, -0.05) is 44.2 Å². The second kappa shape index (κ2) is 10.0. The van der Waals surface area contributed by atoms with Gasteiger partial charge in [-0.05, 0) is 54.5 Å². The first-order valence-electron chi connectivity index (χ1n) is 9.52. The van der Waals surface area contributed by atoms with Gasteiger partial charge in [0.05, 0.1) is 20.1 Å². The van der Waals surface area contributed by atoms with Gasteiger partial charge in [0.25, 0.3) is 0 Å². The van der Waals surface area contributed by atoms with Crippen LogP contribution in [0, 0.1) is 5.92 Å². The summed E-state index contributed by atoms with van der Waals surface area (Å²) in [6.07, 6.45) is 1.80. The molecule has 2 rings (SSSR count). The number of carbonyl (C=O) groups is 1. The molecule has 146 valence electrons. The topological polar surface area (TPSA) is 47.6 Å². The molecule has 0 saturated carbocycles. The lowest BCUT2D eigenvalue weighted by molar-refractivity contribution is -0.122. The first-order chi connectivity index (χ1) is 12.9. The van der Waals surface area contributed by atoms with E-state index in [1.54, 1.807) is 14.2 Å². The number of hydrogen-bond acceptors (Lipinski definition) is 3. The third kappa shape index (κ3) is 6.02. The molecule has 2 aromatic carbocycles. The van der Waals surface area contributed by atoms with Crippen molar-refractivity contribution in [1.29, 1.82) is 0 Å². The highest BCUT2D eigenvalue weighted by atomic mass is 16.5. The molecule has 4 heteroatoms. The molecule has 0 bridgehead atoms.